The van der Waals surface area contributed by atoms with E-state index in [0.717, 1.165) is 5.56 Å². The van der Waals surface area contributed by atoms with Crippen molar-refractivity contribution < 1.29 is 24.1 Å². The Morgan fingerprint density at radius 2 is 2.11 bits per heavy atom. The monoisotopic (exact) mass is 252 g/mol. The first-order valence-corrected chi connectivity index (χ1v) is 5.63. The van der Waals surface area contributed by atoms with Gasteiger partial charge in [0.25, 0.3) is 0 Å². The minimum absolute atomic E-state index is 0.0374. The van der Waals surface area contributed by atoms with E-state index >= 15 is 0 Å². The molecule has 0 amide bonds. The topological polar surface area (TPSA) is 65.0 Å². The van der Waals surface area contributed by atoms with Crippen molar-refractivity contribution in [2.45, 2.75) is 11.8 Å². The molecule has 18 heavy (non-hydrogen) atoms. The number of methoxy groups -OCH3 is 2. The van der Waals surface area contributed by atoms with E-state index in [9.17, 15) is 4.79 Å². The van der Waals surface area contributed by atoms with Gasteiger partial charge in [0.05, 0.1) is 39.3 Å². The van der Waals surface area contributed by atoms with E-state index in [1.165, 1.54) is 0 Å². The van der Waals surface area contributed by atoms with Crippen LogP contribution < -0.4 is 9.47 Å². The Morgan fingerprint density at radius 1 is 1.39 bits per heavy atom. The molecule has 1 aromatic carbocycles. The minimum Gasteiger partial charge on any atom is -0.497 e. The highest BCUT2D eigenvalue weighted by Crippen LogP contribution is 2.41. The van der Waals surface area contributed by atoms with Gasteiger partial charge < -0.3 is 19.3 Å². The van der Waals surface area contributed by atoms with Gasteiger partial charge in [0, 0.05) is 11.6 Å². The zero-order valence-corrected chi connectivity index (χ0v) is 10.4. The van der Waals surface area contributed by atoms with Crippen LogP contribution in [-0.4, -0.2) is 38.5 Å². The molecule has 1 N–H and O–H groups in total. The van der Waals surface area contributed by atoms with Gasteiger partial charge in [-0.15, -0.1) is 0 Å². The van der Waals surface area contributed by atoms with Gasteiger partial charge in [-0.3, -0.25) is 4.79 Å². The molecule has 0 aliphatic carbocycles. The second-order valence-corrected chi connectivity index (χ2v) is 4.41. The van der Waals surface area contributed by atoms with Crippen LogP contribution in [0.2, 0.25) is 0 Å². The number of carboxylic acids is 1. The number of benzene rings is 1. The second kappa shape index (κ2) is 4.86. The second-order valence-electron chi connectivity index (χ2n) is 4.41. The third kappa shape index (κ3) is 2.13. The lowest BCUT2D eigenvalue weighted by Gasteiger charge is -2.41. The summed E-state index contributed by atoms with van der Waals surface area (Å²) in [6.45, 7) is 0.810. The fourth-order valence-electron chi connectivity index (χ4n) is 2.23. The van der Waals surface area contributed by atoms with Crippen LogP contribution in [0.5, 0.6) is 11.5 Å². The predicted molar refractivity (Wildman–Crippen MR) is 64.3 cm³/mol. The van der Waals surface area contributed by atoms with Gasteiger partial charge in [-0.2, -0.15) is 0 Å². The van der Waals surface area contributed by atoms with Gasteiger partial charge >= 0.3 is 5.97 Å². The summed E-state index contributed by atoms with van der Waals surface area (Å²) in [5, 5.41) is 9.02. The number of aliphatic carboxylic acids is 1. The lowest BCUT2D eigenvalue weighted by atomic mass is 9.75. The first kappa shape index (κ1) is 12.7. The van der Waals surface area contributed by atoms with Crippen molar-refractivity contribution in [2.75, 3.05) is 27.4 Å². The Labute approximate surface area is 105 Å². The summed E-state index contributed by atoms with van der Waals surface area (Å²) in [6, 6.07) is 5.42. The SMILES string of the molecule is COc1ccc(C2(CC(=O)O)COC2)c(OC)c1. The molecule has 0 aromatic heterocycles. The van der Waals surface area contributed by atoms with Crippen molar-refractivity contribution in [2.24, 2.45) is 0 Å². The highest BCUT2D eigenvalue weighted by Gasteiger charge is 2.44. The van der Waals surface area contributed by atoms with Crippen molar-refractivity contribution in [3.05, 3.63) is 23.8 Å². The normalized spacial score (nSPS) is 16.8. The first-order chi connectivity index (χ1) is 8.61. The summed E-state index contributed by atoms with van der Waals surface area (Å²) in [5.41, 5.74) is 0.378. The molecule has 1 saturated heterocycles. The molecule has 1 heterocycles. The quantitative estimate of drug-likeness (QED) is 0.859. The van der Waals surface area contributed by atoms with Crippen molar-refractivity contribution >= 4 is 5.97 Å². The van der Waals surface area contributed by atoms with Crippen LogP contribution in [0.15, 0.2) is 18.2 Å². The fourth-order valence-corrected chi connectivity index (χ4v) is 2.23. The molecule has 2 rings (SSSR count). The number of rotatable bonds is 5. The number of hydrogen-bond acceptors (Lipinski definition) is 4. The number of carboxylic acid groups (broad SMARTS) is 1. The van der Waals surface area contributed by atoms with Crippen molar-refractivity contribution in [3.8, 4) is 11.5 Å². The summed E-state index contributed by atoms with van der Waals surface area (Å²) < 4.78 is 15.7. The van der Waals surface area contributed by atoms with E-state index in [-0.39, 0.29) is 6.42 Å². The van der Waals surface area contributed by atoms with Crippen molar-refractivity contribution in [1.82, 2.24) is 0 Å². The molecule has 0 saturated carbocycles. The van der Waals surface area contributed by atoms with Crippen LogP contribution in [0.3, 0.4) is 0 Å². The zero-order valence-electron chi connectivity index (χ0n) is 10.4. The molecule has 0 spiro atoms. The number of carbonyl (C=O) groups is 1. The molecule has 0 atom stereocenters. The van der Waals surface area contributed by atoms with Gasteiger partial charge in [-0.1, -0.05) is 6.07 Å². The van der Waals surface area contributed by atoms with Crippen LogP contribution in [0.1, 0.15) is 12.0 Å². The summed E-state index contributed by atoms with van der Waals surface area (Å²) in [5.74, 6) is 0.483. The Morgan fingerprint density at radius 3 is 2.56 bits per heavy atom. The average Bonchev–Trinajstić information content (AvgIpc) is 2.33. The van der Waals surface area contributed by atoms with Gasteiger partial charge in [-0.05, 0) is 6.07 Å². The maximum atomic E-state index is 11.0. The van der Waals surface area contributed by atoms with Crippen molar-refractivity contribution in [3.63, 3.8) is 0 Å². The predicted octanol–water partition coefficient (Wildman–Crippen LogP) is 1.45. The van der Waals surface area contributed by atoms with Crippen LogP contribution in [0.25, 0.3) is 0 Å². The largest absolute Gasteiger partial charge is 0.497 e. The summed E-state index contributed by atoms with van der Waals surface area (Å²) >= 11 is 0. The van der Waals surface area contributed by atoms with Gasteiger partial charge in [0.2, 0.25) is 0 Å². The zero-order chi connectivity index (χ0) is 13.2. The van der Waals surface area contributed by atoms with E-state index in [1.807, 2.05) is 6.07 Å². The molecular formula is C13H16O5. The third-order valence-corrected chi connectivity index (χ3v) is 3.23. The Balaban J connectivity index is 2.39. The summed E-state index contributed by atoms with van der Waals surface area (Å²) in [4.78, 5) is 11.0. The smallest absolute Gasteiger partial charge is 0.304 e. The third-order valence-electron chi connectivity index (χ3n) is 3.23. The van der Waals surface area contributed by atoms with Crippen LogP contribution in [0, 0.1) is 0 Å². The molecule has 0 unspecified atom stereocenters. The summed E-state index contributed by atoms with van der Waals surface area (Å²) in [6.07, 6.45) is 0.0374. The van der Waals surface area contributed by atoms with Crippen molar-refractivity contribution in [1.29, 1.82) is 0 Å². The summed E-state index contributed by atoms with van der Waals surface area (Å²) in [7, 11) is 3.14. The Kier molecular flexibility index (Phi) is 3.43. The maximum Gasteiger partial charge on any atom is 0.304 e. The molecule has 5 nitrogen and oxygen atoms in total. The average molecular weight is 252 g/mol. The van der Waals surface area contributed by atoms with Gasteiger partial charge in [-0.25, -0.2) is 0 Å². The molecule has 0 bridgehead atoms. The molecule has 1 aromatic rings. The first-order valence-electron chi connectivity index (χ1n) is 5.63. The van der Waals surface area contributed by atoms with E-state index in [1.54, 1.807) is 26.4 Å². The van der Waals surface area contributed by atoms with Gasteiger partial charge in [0.15, 0.2) is 0 Å². The highest BCUT2D eigenvalue weighted by molar-refractivity contribution is 5.70. The molecule has 98 valence electrons. The maximum absolute atomic E-state index is 11.0. The molecule has 1 aliphatic rings. The molecule has 0 radical (unpaired) electrons. The molecule has 1 fully saturated rings. The fraction of sp³-hybridized carbons (Fsp3) is 0.462. The van der Waals surface area contributed by atoms with E-state index in [2.05, 4.69) is 0 Å². The highest BCUT2D eigenvalue weighted by atomic mass is 16.5. The standard InChI is InChI=1S/C13H16O5/c1-16-9-3-4-10(11(5-9)17-2)13(6-12(14)15)7-18-8-13/h3-5H,6-8H2,1-2H3,(H,14,15). The lowest BCUT2D eigenvalue weighted by molar-refractivity contribution is -0.145. The van der Waals surface area contributed by atoms with E-state index < -0.39 is 11.4 Å². The Hall–Kier alpha value is -1.75. The molecular weight excluding hydrogens is 236 g/mol. The minimum atomic E-state index is -0.837. The van der Waals surface area contributed by atoms with Crippen LogP contribution >= 0.6 is 0 Å². The van der Waals surface area contributed by atoms with Gasteiger partial charge in [0.1, 0.15) is 11.5 Å². The van der Waals surface area contributed by atoms with Crippen LogP contribution in [-0.2, 0) is 14.9 Å². The molecule has 1 aliphatic heterocycles. The van der Waals surface area contributed by atoms with Crippen LogP contribution in [0.4, 0.5) is 0 Å². The van der Waals surface area contributed by atoms with E-state index in [0.29, 0.717) is 24.7 Å². The van der Waals surface area contributed by atoms with E-state index in [4.69, 9.17) is 19.3 Å². The Bertz CT molecular complexity index is 451. The number of hydrogen-bond donors (Lipinski definition) is 1. The molecule has 5 heteroatoms. The number of ether oxygens (including phenoxy) is 3. The lowest BCUT2D eigenvalue weighted by Crippen LogP contribution is -2.48.